The summed E-state index contributed by atoms with van der Waals surface area (Å²) in [7, 11) is 0. The molecule has 1 saturated carbocycles. The van der Waals surface area contributed by atoms with Crippen molar-refractivity contribution in [1.29, 1.82) is 0 Å². The molecule has 2 fully saturated rings. The zero-order chi connectivity index (χ0) is 11.7. The molecule has 4 nitrogen and oxygen atoms in total. The van der Waals surface area contributed by atoms with E-state index in [9.17, 15) is 4.79 Å². The summed E-state index contributed by atoms with van der Waals surface area (Å²) in [6, 6.07) is 2.27. The van der Waals surface area contributed by atoms with Gasteiger partial charge in [0.05, 0.1) is 6.54 Å². The van der Waals surface area contributed by atoms with E-state index in [1.807, 2.05) is 0 Å². The van der Waals surface area contributed by atoms with Crippen molar-refractivity contribution in [2.45, 2.75) is 57.0 Å². The van der Waals surface area contributed by atoms with Gasteiger partial charge in [0.15, 0.2) is 0 Å². The molecule has 17 heavy (non-hydrogen) atoms. The maximum atomic E-state index is 11.9. The van der Waals surface area contributed by atoms with Gasteiger partial charge in [-0.1, -0.05) is 12.8 Å². The van der Waals surface area contributed by atoms with Gasteiger partial charge in [-0.05, 0) is 32.2 Å². The summed E-state index contributed by atoms with van der Waals surface area (Å²) in [4.78, 5) is 11.9. The Bertz CT molecular complexity index is 424. The quantitative estimate of drug-likeness (QED) is 0.836. The first-order chi connectivity index (χ1) is 8.33. The number of rotatable bonds is 3. The van der Waals surface area contributed by atoms with Crippen molar-refractivity contribution < 1.29 is 0 Å². The lowest BCUT2D eigenvalue weighted by Crippen LogP contribution is -2.39. The van der Waals surface area contributed by atoms with Crippen LogP contribution in [0, 0.1) is 0 Å². The minimum absolute atomic E-state index is 0.138. The number of nitrogens with one attached hydrogen (secondary N) is 2. The predicted octanol–water partition coefficient (Wildman–Crippen LogP) is 1.59. The van der Waals surface area contributed by atoms with Crippen molar-refractivity contribution >= 4 is 0 Å². The number of aromatic nitrogens is 2. The molecule has 1 aliphatic carbocycles. The van der Waals surface area contributed by atoms with Gasteiger partial charge in [0.2, 0.25) is 0 Å². The third-order valence-electron chi connectivity index (χ3n) is 4.17. The van der Waals surface area contributed by atoms with Crippen LogP contribution in [0.2, 0.25) is 0 Å². The highest BCUT2D eigenvalue weighted by Gasteiger charge is 2.22. The number of nitrogens with zero attached hydrogens (tertiary/aromatic N) is 1. The fourth-order valence-electron chi connectivity index (χ4n) is 2.82. The maximum absolute atomic E-state index is 11.9. The number of aromatic amines is 1. The fraction of sp³-hybridized carbons (Fsp3) is 0.769. The molecule has 1 aromatic heterocycles. The molecule has 94 valence electrons. The molecule has 1 saturated heterocycles. The molecule has 0 aromatic carbocycles. The Morgan fingerprint density at radius 1 is 1.24 bits per heavy atom. The molecule has 2 N–H and O–H groups in total. The third-order valence-corrected chi connectivity index (χ3v) is 4.17. The zero-order valence-electron chi connectivity index (χ0n) is 10.2. The monoisotopic (exact) mass is 235 g/mol. The highest BCUT2D eigenvalue weighted by molar-refractivity contribution is 5.09. The molecule has 0 spiro atoms. The number of piperidine rings is 1. The predicted molar refractivity (Wildman–Crippen MR) is 67.3 cm³/mol. The van der Waals surface area contributed by atoms with Crippen LogP contribution in [0.4, 0.5) is 0 Å². The van der Waals surface area contributed by atoms with E-state index in [0.29, 0.717) is 12.0 Å². The van der Waals surface area contributed by atoms with Gasteiger partial charge in [-0.2, -0.15) is 0 Å². The van der Waals surface area contributed by atoms with Crippen molar-refractivity contribution in [3.8, 4) is 0 Å². The van der Waals surface area contributed by atoms with Gasteiger partial charge in [-0.15, -0.1) is 0 Å². The fourth-order valence-corrected chi connectivity index (χ4v) is 2.82. The van der Waals surface area contributed by atoms with Gasteiger partial charge in [-0.3, -0.25) is 14.6 Å². The van der Waals surface area contributed by atoms with Gasteiger partial charge in [-0.25, -0.2) is 0 Å². The van der Waals surface area contributed by atoms with Gasteiger partial charge in [0.25, 0.3) is 5.56 Å². The summed E-state index contributed by atoms with van der Waals surface area (Å²) >= 11 is 0. The van der Waals surface area contributed by atoms with E-state index in [2.05, 4.69) is 10.4 Å². The van der Waals surface area contributed by atoms with Crippen molar-refractivity contribution in [2.75, 3.05) is 6.54 Å². The Morgan fingerprint density at radius 3 is 2.76 bits per heavy atom. The SMILES string of the molecule is O=c1cc(C2CCC2)[nH]n1C[C@H]1CCCCN1. The summed E-state index contributed by atoms with van der Waals surface area (Å²) in [6.07, 6.45) is 7.52. The van der Waals surface area contributed by atoms with Crippen LogP contribution in [0.15, 0.2) is 10.9 Å². The minimum Gasteiger partial charge on any atom is -0.312 e. The van der Waals surface area contributed by atoms with E-state index in [4.69, 9.17) is 0 Å². The first kappa shape index (κ1) is 11.1. The van der Waals surface area contributed by atoms with Gasteiger partial charge >= 0.3 is 0 Å². The first-order valence-corrected chi connectivity index (χ1v) is 6.86. The van der Waals surface area contributed by atoms with E-state index in [1.54, 1.807) is 10.7 Å². The lowest BCUT2D eigenvalue weighted by molar-refractivity contribution is 0.343. The van der Waals surface area contributed by atoms with E-state index in [-0.39, 0.29) is 5.56 Å². The van der Waals surface area contributed by atoms with Gasteiger partial charge in [0.1, 0.15) is 0 Å². The molecule has 0 amide bonds. The Hall–Kier alpha value is -1.03. The number of hydrogen-bond acceptors (Lipinski definition) is 2. The average Bonchev–Trinajstić information content (AvgIpc) is 2.59. The van der Waals surface area contributed by atoms with Crippen molar-refractivity contribution in [2.24, 2.45) is 0 Å². The summed E-state index contributed by atoms with van der Waals surface area (Å²) in [5.41, 5.74) is 1.29. The standard InChI is InChI=1S/C13H21N3O/c17-13-8-12(10-4-3-5-10)15-16(13)9-11-6-1-2-7-14-11/h8,10-11,14-15H,1-7,9H2/t11-/m1/s1. The molecule has 0 radical (unpaired) electrons. The maximum Gasteiger partial charge on any atom is 0.266 e. The Kier molecular flexibility index (Phi) is 3.05. The summed E-state index contributed by atoms with van der Waals surface area (Å²) in [5, 5.41) is 6.78. The number of H-pyrrole nitrogens is 1. The van der Waals surface area contributed by atoms with Gasteiger partial charge < -0.3 is 5.32 Å². The highest BCUT2D eigenvalue weighted by Crippen LogP contribution is 2.34. The molecular weight excluding hydrogens is 214 g/mol. The molecule has 2 aliphatic rings. The van der Waals surface area contributed by atoms with Crippen LogP contribution in [-0.4, -0.2) is 22.4 Å². The Balaban J connectivity index is 1.69. The van der Waals surface area contributed by atoms with Crippen LogP contribution < -0.4 is 10.9 Å². The Labute approximate surface area is 101 Å². The van der Waals surface area contributed by atoms with Crippen LogP contribution in [0.1, 0.15) is 50.1 Å². The summed E-state index contributed by atoms with van der Waals surface area (Å²) in [5.74, 6) is 0.614. The van der Waals surface area contributed by atoms with Crippen molar-refractivity contribution in [3.05, 3.63) is 22.1 Å². The van der Waals surface area contributed by atoms with E-state index >= 15 is 0 Å². The second kappa shape index (κ2) is 4.69. The van der Waals surface area contributed by atoms with Gasteiger partial charge in [0, 0.05) is 23.7 Å². The smallest absolute Gasteiger partial charge is 0.266 e. The van der Waals surface area contributed by atoms with E-state index in [1.165, 1.54) is 38.5 Å². The largest absolute Gasteiger partial charge is 0.312 e. The van der Waals surface area contributed by atoms with Crippen LogP contribution in [0.25, 0.3) is 0 Å². The molecule has 0 unspecified atom stereocenters. The molecule has 1 aliphatic heterocycles. The topological polar surface area (TPSA) is 49.8 Å². The summed E-state index contributed by atoms with van der Waals surface area (Å²) < 4.78 is 1.79. The second-order valence-corrected chi connectivity index (χ2v) is 5.43. The Morgan fingerprint density at radius 2 is 2.12 bits per heavy atom. The molecule has 1 aromatic rings. The van der Waals surface area contributed by atoms with Crippen LogP contribution >= 0.6 is 0 Å². The molecule has 1 atom stereocenters. The van der Waals surface area contributed by atoms with Crippen LogP contribution in [0.3, 0.4) is 0 Å². The normalized spacial score (nSPS) is 25.8. The zero-order valence-corrected chi connectivity index (χ0v) is 10.2. The van der Waals surface area contributed by atoms with E-state index < -0.39 is 0 Å². The summed E-state index contributed by atoms with van der Waals surface area (Å²) in [6.45, 7) is 1.89. The van der Waals surface area contributed by atoms with Crippen LogP contribution in [0.5, 0.6) is 0 Å². The lowest BCUT2D eigenvalue weighted by Gasteiger charge is -2.25. The average molecular weight is 235 g/mol. The highest BCUT2D eigenvalue weighted by atomic mass is 16.1. The van der Waals surface area contributed by atoms with E-state index in [0.717, 1.165) is 18.8 Å². The molecule has 0 bridgehead atoms. The number of hydrogen-bond donors (Lipinski definition) is 2. The molecule has 2 heterocycles. The van der Waals surface area contributed by atoms with Crippen LogP contribution in [-0.2, 0) is 6.54 Å². The third kappa shape index (κ3) is 2.32. The molecule has 3 rings (SSSR count). The molecule has 4 heteroatoms. The molecular formula is C13H21N3O. The van der Waals surface area contributed by atoms with Crippen molar-refractivity contribution in [3.63, 3.8) is 0 Å². The second-order valence-electron chi connectivity index (χ2n) is 5.43. The lowest BCUT2D eigenvalue weighted by atomic mass is 9.83. The minimum atomic E-state index is 0.138. The first-order valence-electron chi connectivity index (χ1n) is 6.86. The van der Waals surface area contributed by atoms with Crippen molar-refractivity contribution in [1.82, 2.24) is 15.1 Å².